The summed E-state index contributed by atoms with van der Waals surface area (Å²) in [4.78, 5) is 37.5. The zero-order valence-corrected chi connectivity index (χ0v) is 15.1. The third-order valence-electron chi connectivity index (χ3n) is 4.35. The Labute approximate surface area is 157 Å². The zero-order chi connectivity index (χ0) is 19.2. The SMILES string of the molecule is CNC(=O)c1ccc(/C=C/C(=O)Nc2ccccc2N2CCCC2=O)cc1. The maximum Gasteiger partial charge on any atom is 0.251 e. The minimum atomic E-state index is -0.288. The van der Waals surface area contributed by atoms with Crippen LogP contribution in [0.25, 0.3) is 6.08 Å². The van der Waals surface area contributed by atoms with Crippen LogP contribution < -0.4 is 15.5 Å². The summed E-state index contributed by atoms with van der Waals surface area (Å²) in [6.07, 6.45) is 4.46. The molecule has 6 heteroatoms. The van der Waals surface area contributed by atoms with Gasteiger partial charge in [-0.25, -0.2) is 0 Å². The molecule has 0 spiro atoms. The number of amides is 3. The Kier molecular flexibility index (Phi) is 5.66. The lowest BCUT2D eigenvalue weighted by Crippen LogP contribution is -2.25. The van der Waals surface area contributed by atoms with Crippen LogP contribution in [0.15, 0.2) is 54.6 Å². The molecule has 2 aromatic carbocycles. The number of anilines is 2. The van der Waals surface area contributed by atoms with Crippen molar-refractivity contribution in [3.8, 4) is 0 Å². The first-order chi connectivity index (χ1) is 13.1. The molecule has 2 aromatic rings. The van der Waals surface area contributed by atoms with Crippen molar-refractivity contribution >= 4 is 35.2 Å². The van der Waals surface area contributed by atoms with Crippen LogP contribution in [0.2, 0.25) is 0 Å². The van der Waals surface area contributed by atoms with Crippen molar-refractivity contribution in [1.82, 2.24) is 5.32 Å². The number of hydrogen-bond acceptors (Lipinski definition) is 3. The molecule has 0 atom stereocenters. The zero-order valence-electron chi connectivity index (χ0n) is 15.1. The first-order valence-electron chi connectivity index (χ1n) is 8.79. The number of carbonyl (C=O) groups excluding carboxylic acids is 3. The van der Waals surface area contributed by atoms with E-state index in [1.165, 1.54) is 6.08 Å². The van der Waals surface area contributed by atoms with Crippen LogP contribution in [0.3, 0.4) is 0 Å². The van der Waals surface area contributed by atoms with Gasteiger partial charge in [0.2, 0.25) is 11.8 Å². The minimum Gasteiger partial charge on any atom is -0.355 e. The first-order valence-corrected chi connectivity index (χ1v) is 8.79. The second kappa shape index (κ2) is 8.31. The lowest BCUT2D eigenvalue weighted by Gasteiger charge is -2.19. The van der Waals surface area contributed by atoms with E-state index >= 15 is 0 Å². The van der Waals surface area contributed by atoms with Crippen molar-refractivity contribution in [2.75, 3.05) is 23.8 Å². The number of carbonyl (C=O) groups is 3. The number of nitrogens with one attached hydrogen (secondary N) is 2. The van der Waals surface area contributed by atoms with E-state index in [1.54, 1.807) is 48.4 Å². The van der Waals surface area contributed by atoms with E-state index in [0.717, 1.165) is 17.7 Å². The number of para-hydroxylation sites is 2. The van der Waals surface area contributed by atoms with Crippen LogP contribution in [-0.4, -0.2) is 31.3 Å². The Balaban J connectivity index is 1.68. The lowest BCUT2D eigenvalue weighted by atomic mass is 10.1. The second-order valence-electron chi connectivity index (χ2n) is 6.19. The van der Waals surface area contributed by atoms with E-state index in [9.17, 15) is 14.4 Å². The van der Waals surface area contributed by atoms with E-state index in [1.807, 2.05) is 18.2 Å². The Morgan fingerprint density at radius 1 is 1.07 bits per heavy atom. The quantitative estimate of drug-likeness (QED) is 0.802. The molecule has 1 fully saturated rings. The van der Waals surface area contributed by atoms with Gasteiger partial charge in [0.25, 0.3) is 5.91 Å². The van der Waals surface area contributed by atoms with Crippen molar-refractivity contribution < 1.29 is 14.4 Å². The molecule has 0 aliphatic carbocycles. The van der Waals surface area contributed by atoms with Gasteiger partial charge in [0.1, 0.15) is 0 Å². The summed E-state index contributed by atoms with van der Waals surface area (Å²) in [6.45, 7) is 0.666. The van der Waals surface area contributed by atoms with E-state index in [4.69, 9.17) is 0 Å². The third-order valence-corrected chi connectivity index (χ3v) is 4.35. The fourth-order valence-electron chi connectivity index (χ4n) is 2.95. The molecule has 1 heterocycles. The summed E-state index contributed by atoms with van der Waals surface area (Å²) in [6, 6.07) is 14.2. The molecule has 1 saturated heterocycles. The van der Waals surface area contributed by atoms with Gasteiger partial charge in [-0.05, 0) is 42.3 Å². The van der Waals surface area contributed by atoms with E-state index in [0.29, 0.717) is 24.2 Å². The summed E-state index contributed by atoms with van der Waals surface area (Å²) in [5, 5.41) is 5.39. The summed E-state index contributed by atoms with van der Waals surface area (Å²) >= 11 is 0. The van der Waals surface area contributed by atoms with Crippen LogP contribution in [0.1, 0.15) is 28.8 Å². The standard InChI is InChI=1S/C21H21N3O3/c1-22-21(27)16-11-8-15(9-12-16)10-13-19(25)23-17-5-2-3-6-18(17)24-14-4-7-20(24)26/h2-3,5-6,8-13H,4,7,14H2,1H3,(H,22,27)(H,23,25)/b13-10+. The van der Waals surface area contributed by atoms with Crippen LogP contribution in [0.4, 0.5) is 11.4 Å². The molecule has 6 nitrogen and oxygen atoms in total. The normalized spacial score (nSPS) is 13.8. The molecule has 0 aromatic heterocycles. The second-order valence-corrected chi connectivity index (χ2v) is 6.19. The predicted molar refractivity (Wildman–Crippen MR) is 106 cm³/mol. The highest BCUT2D eigenvalue weighted by molar-refractivity contribution is 6.06. The highest BCUT2D eigenvalue weighted by Crippen LogP contribution is 2.29. The summed E-state index contributed by atoms with van der Waals surface area (Å²) in [7, 11) is 1.58. The number of benzene rings is 2. The molecular weight excluding hydrogens is 342 g/mol. The number of rotatable bonds is 5. The van der Waals surface area contributed by atoms with Crippen molar-refractivity contribution in [1.29, 1.82) is 0 Å². The first kappa shape index (κ1) is 18.4. The molecule has 1 aliphatic heterocycles. The van der Waals surface area contributed by atoms with Gasteiger partial charge in [-0.2, -0.15) is 0 Å². The fourth-order valence-corrected chi connectivity index (χ4v) is 2.95. The maximum absolute atomic E-state index is 12.3. The third kappa shape index (κ3) is 4.41. The minimum absolute atomic E-state index is 0.0726. The van der Waals surface area contributed by atoms with E-state index in [-0.39, 0.29) is 17.7 Å². The van der Waals surface area contributed by atoms with Gasteiger partial charge in [0.15, 0.2) is 0 Å². The molecule has 0 radical (unpaired) electrons. The fraction of sp³-hybridized carbons (Fsp3) is 0.190. The average molecular weight is 363 g/mol. The maximum atomic E-state index is 12.3. The topological polar surface area (TPSA) is 78.5 Å². The highest BCUT2D eigenvalue weighted by Gasteiger charge is 2.23. The van der Waals surface area contributed by atoms with E-state index in [2.05, 4.69) is 10.6 Å². The van der Waals surface area contributed by atoms with Gasteiger partial charge in [0.05, 0.1) is 11.4 Å². The largest absolute Gasteiger partial charge is 0.355 e. The Morgan fingerprint density at radius 3 is 2.48 bits per heavy atom. The number of hydrogen-bond donors (Lipinski definition) is 2. The Bertz CT molecular complexity index is 888. The molecule has 0 unspecified atom stereocenters. The van der Waals surface area contributed by atoms with Crippen molar-refractivity contribution in [2.24, 2.45) is 0 Å². The van der Waals surface area contributed by atoms with Crippen LogP contribution >= 0.6 is 0 Å². The van der Waals surface area contributed by atoms with Crippen LogP contribution in [0, 0.1) is 0 Å². The molecule has 27 heavy (non-hydrogen) atoms. The van der Waals surface area contributed by atoms with Crippen LogP contribution in [0.5, 0.6) is 0 Å². The molecule has 0 bridgehead atoms. The predicted octanol–water partition coefficient (Wildman–Crippen LogP) is 2.82. The van der Waals surface area contributed by atoms with Gasteiger partial charge >= 0.3 is 0 Å². The molecule has 1 aliphatic rings. The molecule has 2 N–H and O–H groups in total. The molecule has 138 valence electrons. The van der Waals surface area contributed by atoms with Crippen molar-refractivity contribution in [3.05, 3.63) is 65.7 Å². The van der Waals surface area contributed by atoms with E-state index < -0.39 is 0 Å². The van der Waals surface area contributed by atoms with Gasteiger partial charge in [0, 0.05) is 31.7 Å². The smallest absolute Gasteiger partial charge is 0.251 e. The van der Waals surface area contributed by atoms with Gasteiger partial charge in [-0.3, -0.25) is 14.4 Å². The van der Waals surface area contributed by atoms with Crippen LogP contribution in [-0.2, 0) is 9.59 Å². The van der Waals surface area contributed by atoms with Gasteiger partial charge in [-0.15, -0.1) is 0 Å². The van der Waals surface area contributed by atoms with Crippen molar-refractivity contribution in [2.45, 2.75) is 12.8 Å². The Morgan fingerprint density at radius 2 is 1.81 bits per heavy atom. The highest BCUT2D eigenvalue weighted by atomic mass is 16.2. The molecule has 3 amide bonds. The van der Waals surface area contributed by atoms with Gasteiger partial charge < -0.3 is 15.5 Å². The molecular formula is C21H21N3O3. The molecule has 3 rings (SSSR count). The Hall–Kier alpha value is -3.41. The molecule has 0 saturated carbocycles. The summed E-state index contributed by atoms with van der Waals surface area (Å²) in [5.74, 6) is -0.371. The average Bonchev–Trinajstić information content (AvgIpc) is 3.12. The number of nitrogens with zero attached hydrogens (tertiary/aromatic N) is 1. The summed E-state index contributed by atoms with van der Waals surface area (Å²) in [5.41, 5.74) is 2.69. The summed E-state index contributed by atoms with van der Waals surface area (Å²) < 4.78 is 0. The lowest BCUT2D eigenvalue weighted by molar-refractivity contribution is -0.117. The monoisotopic (exact) mass is 363 g/mol. The van der Waals surface area contributed by atoms with Gasteiger partial charge in [-0.1, -0.05) is 24.3 Å². The van der Waals surface area contributed by atoms with Crippen molar-refractivity contribution in [3.63, 3.8) is 0 Å².